The Morgan fingerprint density at radius 2 is 2.10 bits per heavy atom. The van der Waals surface area contributed by atoms with E-state index in [9.17, 15) is 0 Å². The maximum Gasteiger partial charge on any atom is 0.191 e. The summed E-state index contributed by atoms with van der Waals surface area (Å²) in [5.74, 6) is 1.90. The molecule has 0 spiro atoms. The van der Waals surface area contributed by atoms with E-state index in [4.69, 9.17) is 14.1 Å². The van der Waals surface area contributed by atoms with Gasteiger partial charge in [0.15, 0.2) is 5.96 Å². The maximum absolute atomic E-state index is 5.85. The molecule has 7 heteroatoms. The van der Waals surface area contributed by atoms with E-state index in [1.807, 2.05) is 23.5 Å². The largest absolute Gasteiger partial charge is 0.469 e. The van der Waals surface area contributed by atoms with Gasteiger partial charge in [0.05, 0.1) is 23.9 Å². The topological polar surface area (TPSA) is 62.0 Å². The van der Waals surface area contributed by atoms with Gasteiger partial charge in [-0.1, -0.05) is 0 Å². The summed E-state index contributed by atoms with van der Waals surface area (Å²) in [7, 11) is 0. The Morgan fingerprint density at radius 3 is 2.83 bits per heavy atom. The van der Waals surface area contributed by atoms with Crippen LogP contribution in [0.5, 0.6) is 0 Å². The van der Waals surface area contributed by atoms with E-state index in [-0.39, 0.29) is 6.10 Å². The number of piperidine rings is 1. The van der Waals surface area contributed by atoms with E-state index in [1.165, 1.54) is 17.8 Å². The highest BCUT2D eigenvalue weighted by molar-refractivity contribution is 7.14. The Balaban J connectivity index is 1.29. The number of anilines is 1. The van der Waals surface area contributed by atoms with Gasteiger partial charge in [-0.05, 0) is 61.7 Å². The van der Waals surface area contributed by atoms with Crippen molar-refractivity contribution in [2.45, 2.75) is 50.7 Å². The second-order valence-electron chi connectivity index (χ2n) is 7.79. The molecule has 158 valence electrons. The van der Waals surface area contributed by atoms with Crippen molar-refractivity contribution in [3.05, 3.63) is 41.7 Å². The van der Waals surface area contributed by atoms with Crippen LogP contribution in [-0.4, -0.2) is 50.9 Å². The first-order chi connectivity index (χ1) is 14.4. The number of hydrogen-bond donors (Lipinski definition) is 2. The third-order valence-corrected chi connectivity index (χ3v) is 6.55. The second kappa shape index (κ2) is 10.7. The van der Waals surface area contributed by atoms with Crippen molar-refractivity contribution >= 4 is 22.3 Å². The molecule has 0 aliphatic carbocycles. The summed E-state index contributed by atoms with van der Waals surface area (Å²) in [5.41, 5.74) is 0. The molecule has 0 aromatic carbocycles. The van der Waals surface area contributed by atoms with E-state index in [2.05, 4.69) is 33.0 Å². The van der Waals surface area contributed by atoms with Crippen molar-refractivity contribution in [2.75, 3.05) is 37.7 Å². The van der Waals surface area contributed by atoms with Crippen LogP contribution in [-0.2, 0) is 11.2 Å². The molecule has 6 nitrogen and oxygen atoms in total. The molecule has 4 heterocycles. The van der Waals surface area contributed by atoms with E-state index in [1.54, 1.807) is 6.26 Å². The Kier molecular flexibility index (Phi) is 7.48. The quantitative estimate of drug-likeness (QED) is 0.533. The van der Waals surface area contributed by atoms with E-state index < -0.39 is 0 Å². The van der Waals surface area contributed by atoms with Crippen LogP contribution in [0.15, 0.2) is 45.3 Å². The third-order valence-electron chi connectivity index (χ3n) is 5.62. The third kappa shape index (κ3) is 6.24. The van der Waals surface area contributed by atoms with Crippen molar-refractivity contribution in [2.24, 2.45) is 4.99 Å². The fourth-order valence-corrected chi connectivity index (χ4v) is 4.73. The molecule has 1 atom stereocenters. The Bertz CT molecular complexity index is 718. The summed E-state index contributed by atoms with van der Waals surface area (Å²) in [5, 5.41) is 10.7. The van der Waals surface area contributed by atoms with Gasteiger partial charge in [0.25, 0.3) is 0 Å². The molecule has 2 N–H and O–H groups in total. The number of nitrogens with one attached hydrogen (secondary N) is 2. The molecule has 1 unspecified atom stereocenters. The Labute approximate surface area is 177 Å². The van der Waals surface area contributed by atoms with Crippen LogP contribution in [0.3, 0.4) is 0 Å². The van der Waals surface area contributed by atoms with Gasteiger partial charge in [-0.2, -0.15) is 0 Å². The highest BCUT2D eigenvalue weighted by atomic mass is 32.1. The minimum atomic E-state index is 0.257. The fraction of sp³-hybridized carbons (Fsp3) is 0.591. The fourth-order valence-electron chi connectivity index (χ4n) is 3.94. The normalized spacial score (nSPS) is 21.3. The molecule has 0 amide bonds. The number of ether oxygens (including phenoxy) is 1. The summed E-state index contributed by atoms with van der Waals surface area (Å²) in [6.07, 6.45) is 8.61. The van der Waals surface area contributed by atoms with Gasteiger partial charge < -0.3 is 24.7 Å². The van der Waals surface area contributed by atoms with Crippen molar-refractivity contribution < 1.29 is 9.15 Å². The van der Waals surface area contributed by atoms with E-state index in [0.717, 1.165) is 70.2 Å². The lowest BCUT2D eigenvalue weighted by atomic mass is 10.1. The zero-order chi connectivity index (χ0) is 19.7. The Hall–Kier alpha value is -1.99. The first-order valence-corrected chi connectivity index (χ1v) is 11.7. The second-order valence-corrected chi connectivity index (χ2v) is 8.72. The van der Waals surface area contributed by atoms with Gasteiger partial charge in [-0.25, -0.2) is 0 Å². The lowest BCUT2D eigenvalue weighted by Gasteiger charge is -2.33. The molecule has 0 radical (unpaired) electrons. The number of rotatable bonds is 7. The number of hydrogen-bond acceptors (Lipinski definition) is 5. The highest BCUT2D eigenvalue weighted by Gasteiger charge is 2.21. The first kappa shape index (κ1) is 20.3. The summed E-state index contributed by atoms with van der Waals surface area (Å²) >= 11 is 1.82. The number of furan rings is 1. The maximum atomic E-state index is 5.85. The van der Waals surface area contributed by atoms with Crippen molar-refractivity contribution in [1.29, 1.82) is 0 Å². The zero-order valence-corrected chi connectivity index (χ0v) is 17.8. The number of guanidine groups is 1. The minimum Gasteiger partial charge on any atom is -0.469 e. The lowest BCUT2D eigenvalue weighted by molar-refractivity contribution is 0.0224. The van der Waals surface area contributed by atoms with E-state index in [0.29, 0.717) is 6.04 Å². The molecule has 0 bridgehead atoms. The summed E-state index contributed by atoms with van der Waals surface area (Å²) in [4.78, 5) is 7.34. The predicted octanol–water partition coefficient (Wildman–Crippen LogP) is 3.66. The van der Waals surface area contributed by atoms with Gasteiger partial charge in [0, 0.05) is 38.7 Å². The van der Waals surface area contributed by atoms with Crippen LogP contribution in [0.4, 0.5) is 5.00 Å². The van der Waals surface area contributed by atoms with Crippen LogP contribution in [0.2, 0.25) is 0 Å². The Morgan fingerprint density at radius 1 is 1.17 bits per heavy atom. The molecular formula is C22H32N4O2S. The predicted molar refractivity (Wildman–Crippen MR) is 119 cm³/mol. The molecule has 2 aromatic rings. The standard InChI is InChI=1S/C22H32N4O2S/c1-2-14-28-20(5-1)17-24-22(23-11-8-19-6-3-15-27-19)25-18-9-12-26(13-10-18)21-7-4-16-29-21/h3-4,6-7,15-16,18,20H,1-2,5,8-14,17H2,(H2,23,24,25). The molecule has 2 aliphatic heterocycles. The van der Waals surface area contributed by atoms with Crippen molar-refractivity contribution in [3.63, 3.8) is 0 Å². The molecule has 2 saturated heterocycles. The molecule has 2 aliphatic rings. The number of nitrogens with zero attached hydrogens (tertiary/aromatic N) is 2. The van der Waals surface area contributed by atoms with Gasteiger partial charge in [0.2, 0.25) is 0 Å². The van der Waals surface area contributed by atoms with Gasteiger partial charge in [0.1, 0.15) is 5.76 Å². The molecule has 0 saturated carbocycles. The van der Waals surface area contributed by atoms with Crippen LogP contribution in [0.1, 0.15) is 37.9 Å². The van der Waals surface area contributed by atoms with Crippen LogP contribution >= 0.6 is 11.3 Å². The van der Waals surface area contributed by atoms with Gasteiger partial charge in [-0.15, -0.1) is 11.3 Å². The molecule has 2 aromatic heterocycles. The van der Waals surface area contributed by atoms with Crippen molar-refractivity contribution in [1.82, 2.24) is 10.6 Å². The van der Waals surface area contributed by atoms with Crippen LogP contribution in [0, 0.1) is 0 Å². The molecule has 4 rings (SSSR count). The van der Waals surface area contributed by atoms with Crippen molar-refractivity contribution in [3.8, 4) is 0 Å². The summed E-state index contributed by atoms with van der Waals surface area (Å²) < 4.78 is 11.3. The molecule has 29 heavy (non-hydrogen) atoms. The monoisotopic (exact) mass is 416 g/mol. The first-order valence-electron chi connectivity index (χ1n) is 10.8. The minimum absolute atomic E-state index is 0.257. The smallest absolute Gasteiger partial charge is 0.191 e. The van der Waals surface area contributed by atoms with Crippen LogP contribution < -0.4 is 15.5 Å². The molecular weight excluding hydrogens is 384 g/mol. The average molecular weight is 417 g/mol. The van der Waals surface area contributed by atoms with Gasteiger partial charge in [-0.3, -0.25) is 4.99 Å². The van der Waals surface area contributed by atoms with Gasteiger partial charge >= 0.3 is 0 Å². The van der Waals surface area contributed by atoms with E-state index >= 15 is 0 Å². The number of aliphatic imine (C=N–C) groups is 1. The SMILES string of the molecule is c1coc(CCNC(=NCC2CCCCO2)NC2CCN(c3cccs3)CC2)c1. The highest BCUT2D eigenvalue weighted by Crippen LogP contribution is 2.24. The summed E-state index contributed by atoms with van der Waals surface area (Å²) in [6.45, 7) is 4.58. The zero-order valence-electron chi connectivity index (χ0n) is 17.0. The van der Waals surface area contributed by atoms with Crippen LogP contribution in [0.25, 0.3) is 0 Å². The summed E-state index contributed by atoms with van der Waals surface area (Å²) in [6, 6.07) is 8.75. The average Bonchev–Trinajstić information content (AvgIpc) is 3.48. The number of thiophene rings is 1. The molecule has 2 fully saturated rings. The lowest BCUT2D eigenvalue weighted by Crippen LogP contribution is -2.49.